The molecule has 0 radical (unpaired) electrons. The van der Waals surface area contributed by atoms with Crippen LogP contribution < -0.4 is 0 Å². The Morgan fingerprint density at radius 3 is 3.00 bits per heavy atom. The topological polar surface area (TPSA) is 20.3 Å². The Morgan fingerprint density at radius 1 is 1.67 bits per heavy atom. The summed E-state index contributed by atoms with van der Waals surface area (Å²) >= 11 is 2.00. The van der Waals surface area contributed by atoms with Crippen molar-refractivity contribution < 1.29 is 4.79 Å². The van der Waals surface area contributed by atoms with Crippen molar-refractivity contribution in [2.75, 3.05) is 25.4 Å². The highest BCUT2D eigenvalue weighted by molar-refractivity contribution is 7.99. The summed E-state index contributed by atoms with van der Waals surface area (Å²) in [7, 11) is 0. The van der Waals surface area contributed by atoms with Gasteiger partial charge in [-0.3, -0.25) is 9.69 Å². The van der Waals surface area contributed by atoms with Gasteiger partial charge in [-0.1, -0.05) is 13.8 Å². The van der Waals surface area contributed by atoms with Crippen molar-refractivity contribution in [1.82, 2.24) is 4.90 Å². The maximum Gasteiger partial charge on any atom is 0.146 e. The van der Waals surface area contributed by atoms with Crippen LogP contribution in [0.2, 0.25) is 0 Å². The lowest BCUT2D eigenvalue weighted by atomic mass is 10.2. The zero-order valence-corrected chi connectivity index (χ0v) is 8.69. The van der Waals surface area contributed by atoms with Gasteiger partial charge in [0, 0.05) is 30.5 Å². The molecule has 0 saturated carbocycles. The van der Waals surface area contributed by atoms with Crippen LogP contribution in [0.25, 0.3) is 0 Å². The van der Waals surface area contributed by atoms with Gasteiger partial charge in [0.15, 0.2) is 0 Å². The van der Waals surface area contributed by atoms with Crippen molar-refractivity contribution >= 4 is 17.5 Å². The van der Waals surface area contributed by atoms with E-state index < -0.39 is 0 Å². The van der Waals surface area contributed by atoms with E-state index in [1.165, 1.54) is 5.75 Å². The summed E-state index contributed by atoms with van der Waals surface area (Å²) in [6, 6.07) is 0. The first-order valence-electron chi connectivity index (χ1n) is 4.58. The van der Waals surface area contributed by atoms with E-state index in [9.17, 15) is 4.79 Å². The van der Waals surface area contributed by atoms with Crippen LogP contribution in [0, 0.1) is 0 Å². The molecular weight excluding hydrogens is 170 g/mol. The Balaban J connectivity index is 2.27. The van der Waals surface area contributed by atoms with Gasteiger partial charge in [0.1, 0.15) is 5.78 Å². The van der Waals surface area contributed by atoms with Gasteiger partial charge in [0.2, 0.25) is 0 Å². The number of carbonyl (C=O) groups is 1. The zero-order chi connectivity index (χ0) is 8.97. The second-order valence-corrected chi connectivity index (χ2v) is 4.86. The highest BCUT2D eigenvalue weighted by Crippen LogP contribution is 2.17. The normalized spacial score (nSPS) is 25.7. The van der Waals surface area contributed by atoms with Crippen molar-refractivity contribution in [1.29, 1.82) is 0 Å². The number of ketones is 1. The van der Waals surface area contributed by atoms with E-state index >= 15 is 0 Å². The van der Waals surface area contributed by atoms with E-state index in [0.717, 1.165) is 13.1 Å². The van der Waals surface area contributed by atoms with Crippen LogP contribution in [0.4, 0.5) is 0 Å². The maximum absolute atomic E-state index is 11.1. The molecule has 1 heterocycles. The van der Waals surface area contributed by atoms with Crippen molar-refractivity contribution in [3.63, 3.8) is 0 Å². The predicted octanol–water partition coefficient (Wildman–Crippen LogP) is 1.40. The molecule has 12 heavy (non-hydrogen) atoms. The highest BCUT2D eigenvalue weighted by atomic mass is 32.2. The van der Waals surface area contributed by atoms with Crippen molar-refractivity contribution in [3.05, 3.63) is 0 Å². The fourth-order valence-corrected chi connectivity index (χ4v) is 2.48. The maximum atomic E-state index is 11.1. The number of hydrogen-bond acceptors (Lipinski definition) is 3. The summed E-state index contributed by atoms with van der Waals surface area (Å²) < 4.78 is 0. The molecule has 1 atom stereocenters. The molecule has 0 bridgehead atoms. The third kappa shape index (κ3) is 3.15. The summed E-state index contributed by atoms with van der Waals surface area (Å²) in [6.45, 7) is 7.00. The van der Waals surface area contributed by atoms with Crippen LogP contribution in [0.15, 0.2) is 0 Å². The molecule has 1 rings (SSSR count). The fourth-order valence-electron chi connectivity index (χ4n) is 1.40. The Morgan fingerprint density at radius 2 is 2.42 bits per heavy atom. The Kier molecular flexibility index (Phi) is 4.09. The number of nitrogens with zero attached hydrogens (tertiary/aromatic N) is 1. The van der Waals surface area contributed by atoms with Gasteiger partial charge in [-0.05, 0) is 0 Å². The molecule has 70 valence electrons. The lowest BCUT2D eigenvalue weighted by molar-refractivity contribution is -0.119. The van der Waals surface area contributed by atoms with Gasteiger partial charge in [0.05, 0.1) is 6.54 Å². The smallest absolute Gasteiger partial charge is 0.146 e. The van der Waals surface area contributed by atoms with E-state index in [2.05, 4.69) is 11.8 Å². The van der Waals surface area contributed by atoms with Crippen molar-refractivity contribution in [2.24, 2.45) is 0 Å². The minimum atomic E-state index is 0.370. The van der Waals surface area contributed by atoms with E-state index in [4.69, 9.17) is 0 Å². The molecule has 1 aliphatic heterocycles. The first kappa shape index (κ1) is 10.1. The molecule has 1 fully saturated rings. The number of rotatable bonds is 3. The van der Waals surface area contributed by atoms with E-state index in [0.29, 0.717) is 24.0 Å². The molecule has 0 spiro atoms. The molecule has 3 heteroatoms. The summed E-state index contributed by atoms with van der Waals surface area (Å²) in [4.78, 5) is 13.4. The predicted molar refractivity (Wildman–Crippen MR) is 53.7 cm³/mol. The summed E-state index contributed by atoms with van der Waals surface area (Å²) in [5, 5.41) is 0.698. The fraction of sp³-hybridized carbons (Fsp3) is 0.889. The molecule has 2 nitrogen and oxygen atoms in total. The molecule has 1 saturated heterocycles. The SMILES string of the molecule is CCC(=O)CN1CCSC(C)C1. The molecule has 0 aromatic carbocycles. The van der Waals surface area contributed by atoms with Gasteiger partial charge in [0.25, 0.3) is 0 Å². The summed E-state index contributed by atoms with van der Waals surface area (Å²) in [5.74, 6) is 1.55. The Labute approximate surface area is 78.7 Å². The van der Waals surface area contributed by atoms with Gasteiger partial charge < -0.3 is 0 Å². The standard InChI is InChI=1S/C9H17NOS/c1-3-9(11)7-10-4-5-12-8(2)6-10/h8H,3-7H2,1-2H3. The molecule has 0 aromatic rings. The van der Waals surface area contributed by atoms with Crippen molar-refractivity contribution in [3.8, 4) is 0 Å². The number of hydrogen-bond donors (Lipinski definition) is 0. The number of carbonyl (C=O) groups excluding carboxylic acids is 1. The van der Waals surface area contributed by atoms with E-state index in [1.54, 1.807) is 0 Å². The third-order valence-corrected chi connectivity index (χ3v) is 3.26. The largest absolute Gasteiger partial charge is 0.298 e. The Hall–Kier alpha value is -0.0200. The second-order valence-electron chi connectivity index (χ2n) is 3.31. The molecule has 0 N–H and O–H groups in total. The lowest BCUT2D eigenvalue weighted by Gasteiger charge is -2.29. The minimum absolute atomic E-state index is 0.370. The van der Waals surface area contributed by atoms with Crippen LogP contribution in [-0.2, 0) is 4.79 Å². The first-order chi connectivity index (χ1) is 5.72. The third-order valence-electron chi connectivity index (χ3n) is 2.12. The summed E-state index contributed by atoms with van der Waals surface area (Å²) in [5.41, 5.74) is 0. The van der Waals surface area contributed by atoms with E-state index in [-0.39, 0.29) is 0 Å². The summed E-state index contributed by atoms with van der Waals surface area (Å²) in [6.07, 6.45) is 0.679. The molecule has 1 unspecified atom stereocenters. The number of Topliss-reactive ketones (excluding diaryl/α,β-unsaturated/α-hetero) is 1. The van der Waals surface area contributed by atoms with Crippen LogP contribution in [0.1, 0.15) is 20.3 Å². The van der Waals surface area contributed by atoms with Gasteiger partial charge in [-0.25, -0.2) is 0 Å². The van der Waals surface area contributed by atoms with Crippen LogP contribution in [0.3, 0.4) is 0 Å². The first-order valence-corrected chi connectivity index (χ1v) is 5.63. The zero-order valence-electron chi connectivity index (χ0n) is 7.88. The average molecular weight is 187 g/mol. The minimum Gasteiger partial charge on any atom is -0.298 e. The lowest BCUT2D eigenvalue weighted by Crippen LogP contribution is -2.39. The molecule has 1 aliphatic rings. The van der Waals surface area contributed by atoms with E-state index in [1.807, 2.05) is 18.7 Å². The molecule has 0 amide bonds. The Bertz CT molecular complexity index is 161. The average Bonchev–Trinajstić information content (AvgIpc) is 2.04. The molecule has 0 aromatic heterocycles. The highest BCUT2D eigenvalue weighted by Gasteiger charge is 2.17. The quantitative estimate of drug-likeness (QED) is 0.666. The second kappa shape index (κ2) is 4.87. The van der Waals surface area contributed by atoms with Gasteiger partial charge in [-0.15, -0.1) is 0 Å². The van der Waals surface area contributed by atoms with Crippen LogP contribution in [0.5, 0.6) is 0 Å². The van der Waals surface area contributed by atoms with Crippen molar-refractivity contribution in [2.45, 2.75) is 25.5 Å². The molecular formula is C9H17NOS. The van der Waals surface area contributed by atoms with Gasteiger partial charge in [-0.2, -0.15) is 11.8 Å². The van der Waals surface area contributed by atoms with Crippen LogP contribution in [-0.4, -0.2) is 41.3 Å². The van der Waals surface area contributed by atoms with Crippen LogP contribution >= 0.6 is 11.8 Å². The molecule has 0 aliphatic carbocycles. The number of thioether (sulfide) groups is 1. The van der Waals surface area contributed by atoms with Gasteiger partial charge >= 0.3 is 0 Å². The monoisotopic (exact) mass is 187 g/mol.